The molecule has 5 heteroatoms. The zero-order chi connectivity index (χ0) is 51.0. The maximum Gasteiger partial charge on any atom is 0.0772 e. The molecule has 2 aliphatic carbocycles. The van der Waals surface area contributed by atoms with E-state index in [-0.39, 0.29) is 5.41 Å². The highest BCUT2D eigenvalue weighted by molar-refractivity contribution is 7.26. The van der Waals surface area contributed by atoms with Crippen molar-refractivity contribution in [1.82, 2.24) is 0 Å². The van der Waals surface area contributed by atoms with Crippen molar-refractivity contribution in [3.8, 4) is 52.9 Å². The van der Waals surface area contributed by atoms with Gasteiger partial charge in [0.1, 0.15) is 0 Å². The summed E-state index contributed by atoms with van der Waals surface area (Å²) in [5.74, 6) is 0. The zero-order valence-corrected chi connectivity index (χ0v) is 44.8. The summed E-state index contributed by atoms with van der Waals surface area (Å²) in [6, 6.07) is 95.5. The van der Waals surface area contributed by atoms with Crippen molar-refractivity contribution < 1.29 is 0 Å². The van der Waals surface area contributed by atoms with Gasteiger partial charge in [-0.05, 0) is 133 Å². The Labute approximate surface area is 460 Å². The number of hydrogen-bond donors (Lipinski definition) is 0. The molecular weight excluding hydrogens is 989 g/mol. The van der Waals surface area contributed by atoms with Crippen LogP contribution in [0.15, 0.2) is 255 Å². The van der Waals surface area contributed by atoms with Gasteiger partial charge in [-0.3, -0.25) is 0 Å². The summed E-state index contributed by atoms with van der Waals surface area (Å²) >= 11 is 5.81. The average molecular weight is 1040 g/mol. The SMILES string of the molecule is CC1(C)c2ccccc2-c2ccc(N(c3ccc(-c4ccccc4)cc3)c3cccc(N4c5ccccc5C5(c6cc(-c7ccccc7)sc6-c6sc(-c7ccccc7)cc65)c5ccc6c(sc7ccccc76)c54)c3)cc21. The molecule has 1 aliphatic heterocycles. The third kappa shape index (κ3) is 6.52. The van der Waals surface area contributed by atoms with E-state index in [1.807, 2.05) is 34.0 Å². The van der Waals surface area contributed by atoms with Crippen LogP contribution in [0.3, 0.4) is 0 Å². The Morgan fingerprint density at radius 1 is 0.364 bits per heavy atom. The number of para-hydroxylation sites is 1. The van der Waals surface area contributed by atoms with E-state index in [1.165, 1.54) is 118 Å². The molecule has 0 saturated carbocycles. The normalized spacial score (nSPS) is 14.0. The minimum absolute atomic E-state index is 0.159. The molecule has 0 atom stereocenters. The maximum atomic E-state index is 2.61. The average Bonchev–Trinajstić information content (AvgIpc) is 3.69. The molecule has 10 aromatic carbocycles. The van der Waals surface area contributed by atoms with Crippen LogP contribution in [-0.2, 0) is 10.8 Å². The fraction of sp³-hybridized carbons (Fsp3) is 0.0556. The highest BCUT2D eigenvalue weighted by atomic mass is 32.1. The lowest BCUT2D eigenvalue weighted by Crippen LogP contribution is -2.36. The van der Waals surface area contributed by atoms with Gasteiger partial charge < -0.3 is 9.80 Å². The fourth-order valence-corrected chi connectivity index (χ4v) is 17.0. The van der Waals surface area contributed by atoms with Gasteiger partial charge >= 0.3 is 0 Å². The lowest BCUT2D eigenvalue weighted by atomic mass is 9.65. The van der Waals surface area contributed by atoms with E-state index in [1.54, 1.807) is 0 Å². The third-order valence-electron chi connectivity index (χ3n) is 16.7. The monoisotopic (exact) mass is 1040 g/mol. The third-order valence-corrected chi connectivity index (χ3v) is 20.4. The second kappa shape index (κ2) is 17.0. The number of thiophene rings is 3. The first-order chi connectivity index (χ1) is 37.9. The lowest BCUT2D eigenvalue weighted by Gasteiger charge is -2.45. The van der Waals surface area contributed by atoms with E-state index in [0.717, 1.165) is 22.7 Å². The van der Waals surface area contributed by atoms with Gasteiger partial charge in [-0.2, -0.15) is 0 Å². The largest absolute Gasteiger partial charge is 0.310 e. The number of hydrogen-bond acceptors (Lipinski definition) is 5. The van der Waals surface area contributed by atoms with Crippen molar-refractivity contribution in [3.05, 3.63) is 288 Å². The van der Waals surface area contributed by atoms with E-state index in [0.29, 0.717) is 0 Å². The predicted molar refractivity (Wildman–Crippen MR) is 329 cm³/mol. The quantitative estimate of drug-likeness (QED) is 0.157. The molecule has 0 bridgehead atoms. The number of benzene rings is 10. The topological polar surface area (TPSA) is 6.48 Å². The zero-order valence-electron chi connectivity index (χ0n) is 42.4. The number of anilines is 6. The van der Waals surface area contributed by atoms with Crippen LogP contribution < -0.4 is 9.80 Å². The van der Waals surface area contributed by atoms with E-state index in [9.17, 15) is 0 Å². The van der Waals surface area contributed by atoms with Crippen molar-refractivity contribution in [2.24, 2.45) is 0 Å². The van der Waals surface area contributed by atoms with Crippen LogP contribution in [0.5, 0.6) is 0 Å². The van der Waals surface area contributed by atoms with Gasteiger partial charge in [-0.1, -0.05) is 202 Å². The Kier molecular flexibility index (Phi) is 9.84. The molecule has 4 heterocycles. The van der Waals surface area contributed by atoms with Crippen molar-refractivity contribution >= 4 is 88.3 Å². The Morgan fingerprint density at radius 3 is 1.65 bits per heavy atom. The van der Waals surface area contributed by atoms with Gasteiger partial charge in [0.05, 0.1) is 31.2 Å². The minimum Gasteiger partial charge on any atom is -0.310 e. The van der Waals surface area contributed by atoms with Gasteiger partial charge in [0, 0.05) is 53.4 Å². The van der Waals surface area contributed by atoms with Crippen LogP contribution in [0.25, 0.3) is 73.1 Å². The van der Waals surface area contributed by atoms with E-state index >= 15 is 0 Å². The van der Waals surface area contributed by atoms with Gasteiger partial charge in [0.25, 0.3) is 0 Å². The molecule has 364 valence electrons. The summed E-state index contributed by atoms with van der Waals surface area (Å²) in [4.78, 5) is 10.4. The molecule has 0 saturated heterocycles. The first kappa shape index (κ1) is 44.7. The molecule has 16 rings (SSSR count). The van der Waals surface area contributed by atoms with Crippen molar-refractivity contribution in [1.29, 1.82) is 0 Å². The first-order valence-corrected chi connectivity index (χ1v) is 28.9. The second-order valence-corrected chi connectivity index (χ2v) is 24.3. The Hall–Kier alpha value is -8.58. The summed E-state index contributed by atoms with van der Waals surface area (Å²) < 4.78 is 2.59. The van der Waals surface area contributed by atoms with Crippen LogP contribution in [0.1, 0.15) is 47.2 Å². The Bertz CT molecular complexity index is 4400. The standard InChI is InChI=1S/C72H48N2S3/c1-71(2)57-29-14-12-27-53(57)54-38-37-52(42-60(54)71)73(49-35-33-46(34-36-49)45-19-6-3-7-20-45)50-25-18-26-51(41-50)74-63-31-16-15-30-58(63)72(59-40-39-56-55-28-13-17-32-64(55)75-68(56)67(59)74)61-43-65(47-21-8-4-9-22-47)76-69(61)70-62(72)44-66(77-70)48-23-10-5-11-24-48/h3-44H,1-2H3. The summed E-state index contributed by atoms with van der Waals surface area (Å²) in [6.07, 6.45) is 0. The van der Waals surface area contributed by atoms with Crippen LogP contribution in [-0.4, -0.2) is 0 Å². The summed E-state index contributed by atoms with van der Waals surface area (Å²) in [5.41, 5.74) is 21.7. The molecule has 77 heavy (non-hydrogen) atoms. The first-order valence-electron chi connectivity index (χ1n) is 26.5. The molecule has 1 spiro atoms. The smallest absolute Gasteiger partial charge is 0.0772 e. The molecule has 0 radical (unpaired) electrons. The van der Waals surface area contributed by atoms with Crippen molar-refractivity contribution in [3.63, 3.8) is 0 Å². The van der Waals surface area contributed by atoms with Gasteiger partial charge in [0.15, 0.2) is 0 Å². The molecule has 13 aromatic rings. The maximum absolute atomic E-state index is 2.61. The van der Waals surface area contributed by atoms with E-state index < -0.39 is 5.41 Å². The van der Waals surface area contributed by atoms with Gasteiger partial charge in [0.2, 0.25) is 0 Å². The summed E-state index contributed by atoms with van der Waals surface area (Å²) in [7, 11) is 0. The number of fused-ring (bicyclic) bond motifs is 16. The van der Waals surface area contributed by atoms with Crippen LogP contribution in [0.4, 0.5) is 34.1 Å². The predicted octanol–water partition coefficient (Wildman–Crippen LogP) is 21.1. The fourth-order valence-electron chi connectivity index (χ4n) is 13.2. The van der Waals surface area contributed by atoms with E-state index in [4.69, 9.17) is 0 Å². The minimum atomic E-state index is -0.594. The summed E-state index contributed by atoms with van der Waals surface area (Å²) in [5, 5.41) is 2.58. The van der Waals surface area contributed by atoms with E-state index in [2.05, 4.69) is 278 Å². The lowest BCUT2D eigenvalue weighted by molar-refractivity contribution is 0.660. The molecule has 0 N–H and O–H groups in total. The van der Waals surface area contributed by atoms with Gasteiger partial charge in [-0.25, -0.2) is 0 Å². The van der Waals surface area contributed by atoms with Crippen molar-refractivity contribution in [2.75, 3.05) is 9.80 Å². The number of nitrogens with zero attached hydrogens (tertiary/aromatic N) is 2. The van der Waals surface area contributed by atoms with Crippen LogP contribution in [0, 0.1) is 0 Å². The highest BCUT2D eigenvalue weighted by Gasteiger charge is 2.54. The molecule has 0 fully saturated rings. The molecular formula is C72H48N2S3. The summed E-state index contributed by atoms with van der Waals surface area (Å²) in [6.45, 7) is 4.75. The van der Waals surface area contributed by atoms with Crippen LogP contribution >= 0.6 is 34.0 Å². The van der Waals surface area contributed by atoms with Crippen molar-refractivity contribution in [2.45, 2.75) is 24.7 Å². The molecule has 2 nitrogen and oxygen atoms in total. The molecule has 3 aliphatic rings. The highest BCUT2D eigenvalue weighted by Crippen LogP contribution is 2.69. The molecule has 0 unspecified atom stereocenters. The Balaban J connectivity index is 0.944. The molecule has 0 amide bonds. The second-order valence-electron chi connectivity index (χ2n) is 21.1. The number of rotatable bonds is 7. The van der Waals surface area contributed by atoms with Crippen LogP contribution in [0.2, 0.25) is 0 Å². The Morgan fingerprint density at radius 2 is 0.935 bits per heavy atom. The molecule has 3 aromatic heterocycles. The van der Waals surface area contributed by atoms with Gasteiger partial charge in [-0.15, -0.1) is 34.0 Å².